The molecule has 0 saturated heterocycles. The summed E-state index contributed by atoms with van der Waals surface area (Å²) in [6, 6.07) is 0. The monoisotopic (exact) mass is 386 g/mol. The van der Waals surface area contributed by atoms with Crippen molar-refractivity contribution in [3.63, 3.8) is 0 Å². The van der Waals surface area contributed by atoms with E-state index in [-0.39, 0.29) is 0 Å². The standard InChI is InChI=1S/C26H46N2/c1-19-12-13-24-18-25(16-19)23(14-15-26-17-21(3)27-28-26)11-9-7-5-6-8-10-20(2)22(24)4/h19-20,22-25H,5-18H2,1-4H3. The zero-order chi connectivity index (χ0) is 19.9. The molecule has 0 N–H and O–H groups in total. The second kappa shape index (κ2) is 10.9. The fourth-order valence-corrected chi connectivity index (χ4v) is 6.36. The molecule has 6 atom stereocenters. The Bertz CT molecular complexity index is 535. The molecule has 0 spiro atoms. The third-order valence-electron chi connectivity index (χ3n) is 8.51. The first-order valence-electron chi connectivity index (χ1n) is 12.6. The van der Waals surface area contributed by atoms with Gasteiger partial charge in [-0.3, -0.25) is 0 Å². The van der Waals surface area contributed by atoms with Crippen molar-refractivity contribution in [3.8, 4) is 0 Å². The Hall–Kier alpha value is -0.660. The Morgan fingerprint density at radius 2 is 1.54 bits per heavy atom. The van der Waals surface area contributed by atoms with Crippen molar-refractivity contribution in [1.82, 2.24) is 0 Å². The highest BCUT2D eigenvalue weighted by Crippen LogP contribution is 2.43. The molecule has 0 amide bonds. The Morgan fingerprint density at radius 3 is 2.29 bits per heavy atom. The topological polar surface area (TPSA) is 24.7 Å². The summed E-state index contributed by atoms with van der Waals surface area (Å²) in [7, 11) is 0. The van der Waals surface area contributed by atoms with E-state index in [2.05, 4.69) is 37.9 Å². The highest BCUT2D eigenvalue weighted by molar-refractivity contribution is 6.06. The molecule has 2 nitrogen and oxygen atoms in total. The normalized spacial score (nSPS) is 38.4. The first-order valence-corrected chi connectivity index (χ1v) is 12.6. The maximum atomic E-state index is 4.46. The number of fused-ring (bicyclic) bond motifs is 2. The van der Waals surface area contributed by atoms with E-state index in [1.165, 1.54) is 94.9 Å². The van der Waals surface area contributed by atoms with Crippen molar-refractivity contribution in [3.05, 3.63) is 0 Å². The van der Waals surface area contributed by atoms with Crippen molar-refractivity contribution in [2.75, 3.05) is 0 Å². The Balaban J connectivity index is 1.69. The molecule has 3 aliphatic rings. The van der Waals surface area contributed by atoms with E-state index >= 15 is 0 Å². The van der Waals surface area contributed by atoms with Crippen LogP contribution in [-0.4, -0.2) is 11.4 Å². The van der Waals surface area contributed by atoms with Gasteiger partial charge in [-0.05, 0) is 74.5 Å². The molecule has 0 aromatic heterocycles. The van der Waals surface area contributed by atoms with Crippen LogP contribution in [0.2, 0.25) is 0 Å². The SMILES string of the molecule is CC1=NN=C(CCC2CCCCCCCC(C)C(C)C3CCC(C)CC2C3)C1. The van der Waals surface area contributed by atoms with Gasteiger partial charge in [0.05, 0.1) is 0 Å². The van der Waals surface area contributed by atoms with E-state index in [4.69, 9.17) is 0 Å². The molecule has 1 aliphatic heterocycles. The van der Waals surface area contributed by atoms with Gasteiger partial charge in [-0.1, -0.05) is 72.1 Å². The van der Waals surface area contributed by atoms with Gasteiger partial charge in [0.15, 0.2) is 0 Å². The molecular formula is C26H46N2. The molecular weight excluding hydrogens is 340 g/mol. The van der Waals surface area contributed by atoms with E-state index in [0.717, 1.165) is 41.9 Å². The molecule has 160 valence electrons. The average molecular weight is 387 g/mol. The van der Waals surface area contributed by atoms with Crippen molar-refractivity contribution in [2.24, 2.45) is 45.7 Å². The molecule has 0 radical (unpaired) electrons. The minimum atomic E-state index is 0.907. The Labute approximate surface area is 175 Å². The zero-order valence-corrected chi connectivity index (χ0v) is 19.3. The number of nitrogens with zero attached hydrogens (tertiary/aromatic N) is 2. The molecule has 2 fully saturated rings. The highest BCUT2D eigenvalue weighted by Gasteiger charge is 2.33. The summed E-state index contributed by atoms with van der Waals surface area (Å²) < 4.78 is 0. The second-order valence-corrected chi connectivity index (χ2v) is 10.8. The number of hydrogen-bond acceptors (Lipinski definition) is 2. The number of hydrogen-bond donors (Lipinski definition) is 0. The lowest BCUT2D eigenvalue weighted by Crippen LogP contribution is -2.24. The largest absolute Gasteiger partial charge is 0.160 e. The van der Waals surface area contributed by atoms with E-state index in [1.807, 2.05) is 0 Å². The van der Waals surface area contributed by atoms with Crippen LogP contribution in [0.4, 0.5) is 0 Å². The van der Waals surface area contributed by atoms with Gasteiger partial charge in [0, 0.05) is 17.8 Å². The van der Waals surface area contributed by atoms with Gasteiger partial charge in [0.2, 0.25) is 0 Å². The van der Waals surface area contributed by atoms with E-state index in [9.17, 15) is 0 Å². The molecule has 28 heavy (non-hydrogen) atoms. The minimum absolute atomic E-state index is 0.907. The van der Waals surface area contributed by atoms with E-state index < -0.39 is 0 Å². The van der Waals surface area contributed by atoms with Crippen LogP contribution in [0, 0.1) is 35.5 Å². The molecule has 3 rings (SSSR count). The van der Waals surface area contributed by atoms with Crippen LogP contribution in [0.15, 0.2) is 10.2 Å². The van der Waals surface area contributed by atoms with Gasteiger partial charge in [-0.15, -0.1) is 0 Å². The van der Waals surface area contributed by atoms with Crippen LogP contribution >= 0.6 is 0 Å². The fraction of sp³-hybridized carbons (Fsp3) is 0.923. The van der Waals surface area contributed by atoms with Gasteiger partial charge in [0.25, 0.3) is 0 Å². The lowest BCUT2D eigenvalue weighted by Gasteiger charge is -2.33. The minimum Gasteiger partial charge on any atom is -0.160 e. The summed E-state index contributed by atoms with van der Waals surface area (Å²) in [5, 5.41) is 8.74. The predicted octanol–water partition coefficient (Wildman–Crippen LogP) is 8.06. The molecule has 2 saturated carbocycles. The van der Waals surface area contributed by atoms with Crippen LogP contribution in [0.5, 0.6) is 0 Å². The van der Waals surface area contributed by atoms with Gasteiger partial charge in [-0.2, -0.15) is 10.2 Å². The first kappa shape index (κ1) is 22.0. The van der Waals surface area contributed by atoms with Gasteiger partial charge in [0.1, 0.15) is 0 Å². The van der Waals surface area contributed by atoms with Crippen LogP contribution in [0.25, 0.3) is 0 Å². The third-order valence-corrected chi connectivity index (χ3v) is 8.51. The summed E-state index contributed by atoms with van der Waals surface area (Å²) in [5.74, 6) is 5.55. The molecule has 1 heterocycles. The first-order chi connectivity index (χ1) is 13.5. The summed E-state index contributed by atoms with van der Waals surface area (Å²) in [6.07, 6.45) is 19.7. The summed E-state index contributed by atoms with van der Waals surface area (Å²) in [6.45, 7) is 9.79. The lowest BCUT2D eigenvalue weighted by atomic mass is 9.72. The zero-order valence-electron chi connectivity index (χ0n) is 19.3. The van der Waals surface area contributed by atoms with E-state index in [1.54, 1.807) is 0 Å². The van der Waals surface area contributed by atoms with Crippen LogP contribution in [-0.2, 0) is 0 Å². The van der Waals surface area contributed by atoms with Crippen LogP contribution in [0.1, 0.15) is 118 Å². The van der Waals surface area contributed by atoms with Crippen molar-refractivity contribution in [1.29, 1.82) is 0 Å². The van der Waals surface area contributed by atoms with Crippen molar-refractivity contribution < 1.29 is 0 Å². The molecule has 0 aromatic rings. The lowest BCUT2D eigenvalue weighted by molar-refractivity contribution is 0.172. The summed E-state index contributed by atoms with van der Waals surface area (Å²) in [5.41, 5.74) is 2.55. The van der Waals surface area contributed by atoms with E-state index in [0.29, 0.717) is 0 Å². The van der Waals surface area contributed by atoms with Crippen LogP contribution < -0.4 is 0 Å². The molecule has 6 unspecified atom stereocenters. The van der Waals surface area contributed by atoms with Gasteiger partial charge in [-0.25, -0.2) is 0 Å². The average Bonchev–Trinajstić information content (AvgIpc) is 2.99. The van der Waals surface area contributed by atoms with Crippen LogP contribution in [0.3, 0.4) is 0 Å². The highest BCUT2D eigenvalue weighted by atomic mass is 15.2. The van der Waals surface area contributed by atoms with Gasteiger partial charge < -0.3 is 0 Å². The molecule has 0 aromatic carbocycles. The maximum Gasteiger partial charge on any atom is 0.0462 e. The van der Waals surface area contributed by atoms with Crippen molar-refractivity contribution >= 4 is 11.4 Å². The Morgan fingerprint density at radius 1 is 0.786 bits per heavy atom. The molecule has 2 aliphatic carbocycles. The van der Waals surface area contributed by atoms with Crippen molar-refractivity contribution in [2.45, 2.75) is 118 Å². The predicted molar refractivity (Wildman–Crippen MR) is 123 cm³/mol. The maximum absolute atomic E-state index is 4.46. The molecule has 2 heteroatoms. The summed E-state index contributed by atoms with van der Waals surface area (Å²) >= 11 is 0. The second-order valence-electron chi connectivity index (χ2n) is 10.8. The quantitative estimate of drug-likeness (QED) is 0.468. The third kappa shape index (κ3) is 6.42. The Kier molecular flexibility index (Phi) is 8.60. The van der Waals surface area contributed by atoms with Gasteiger partial charge >= 0.3 is 0 Å². The molecule has 2 bridgehead atoms. The smallest absolute Gasteiger partial charge is 0.0462 e. The fourth-order valence-electron chi connectivity index (χ4n) is 6.36. The number of rotatable bonds is 3. The summed E-state index contributed by atoms with van der Waals surface area (Å²) in [4.78, 5) is 0.